The van der Waals surface area contributed by atoms with Crippen LogP contribution < -0.4 is 5.73 Å². The largest absolute Gasteiger partial charge is 0.366 e. The summed E-state index contributed by atoms with van der Waals surface area (Å²) in [5.41, 5.74) is 7.33. The van der Waals surface area contributed by atoms with Crippen LogP contribution in [0.3, 0.4) is 0 Å². The highest BCUT2D eigenvalue weighted by atomic mass is 35.5. The first-order valence-electron chi connectivity index (χ1n) is 6.37. The molecule has 0 saturated carbocycles. The van der Waals surface area contributed by atoms with Gasteiger partial charge in [-0.25, -0.2) is 4.98 Å². The molecule has 2 aromatic carbocycles. The number of primary amides is 1. The van der Waals surface area contributed by atoms with Gasteiger partial charge in [-0.2, -0.15) is 0 Å². The molecule has 0 radical (unpaired) electrons. The van der Waals surface area contributed by atoms with E-state index in [2.05, 4.69) is 4.98 Å². The molecular formula is C16H10Cl2N2OS. The van der Waals surface area contributed by atoms with Gasteiger partial charge in [-0.05, 0) is 35.9 Å². The second kappa shape index (κ2) is 6.08. The Morgan fingerprint density at radius 3 is 2.64 bits per heavy atom. The Labute approximate surface area is 141 Å². The first-order valence-corrected chi connectivity index (χ1v) is 7.94. The normalized spacial score (nSPS) is 11.8. The van der Waals surface area contributed by atoms with Crippen LogP contribution in [0.4, 0.5) is 0 Å². The van der Waals surface area contributed by atoms with Crippen LogP contribution in [0.15, 0.2) is 42.5 Å². The Morgan fingerprint density at radius 1 is 1.18 bits per heavy atom. The van der Waals surface area contributed by atoms with Gasteiger partial charge in [-0.15, -0.1) is 11.3 Å². The van der Waals surface area contributed by atoms with E-state index < -0.39 is 5.91 Å². The fourth-order valence-electron chi connectivity index (χ4n) is 2.00. The molecule has 110 valence electrons. The maximum Gasteiger partial charge on any atom is 0.251 e. The maximum atomic E-state index is 11.8. The van der Waals surface area contributed by atoms with Crippen LogP contribution in [0.25, 0.3) is 21.9 Å². The van der Waals surface area contributed by atoms with Gasteiger partial charge in [-0.1, -0.05) is 41.4 Å². The van der Waals surface area contributed by atoms with Gasteiger partial charge < -0.3 is 5.73 Å². The smallest absolute Gasteiger partial charge is 0.251 e. The first-order chi connectivity index (χ1) is 10.5. The van der Waals surface area contributed by atoms with Crippen LogP contribution in [0, 0.1) is 0 Å². The summed E-state index contributed by atoms with van der Waals surface area (Å²) in [4.78, 5) is 16.3. The number of thiazole rings is 1. The Balaban J connectivity index is 2.13. The van der Waals surface area contributed by atoms with Crippen molar-refractivity contribution >= 4 is 62.3 Å². The predicted molar refractivity (Wildman–Crippen MR) is 93.1 cm³/mol. The van der Waals surface area contributed by atoms with E-state index in [1.165, 1.54) is 11.3 Å². The van der Waals surface area contributed by atoms with Gasteiger partial charge in [0.2, 0.25) is 0 Å². The van der Waals surface area contributed by atoms with Gasteiger partial charge in [0.05, 0.1) is 15.8 Å². The summed E-state index contributed by atoms with van der Waals surface area (Å²) >= 11 is 13.4. The number of amides is 1. The predicted octanol–water partition coefficient (Wildman–Crippen LogP) is 4.63. The van der Waals surface area contributed by atoms with Crippen LogP contribution in [0.2, 0.25) is 10.0 Å². The third-order valence-corrected chi connectivity index (χ3v) is 4.68. The summed E-state index contributed by atoms with van der Waals surface area (Å²) < 4.78 is 0.992. The summed E-state index contributed by atoms with van der Waals surface area (Å²) in [6.45, 7) is 0. The lowest BCUT2D eigenvalue weighted by molar-refractivity contribution is -0.112. The molecule has 1 heterocycles. The lowest BCUT2D eigenvalue weighted by atomic mass is 10.1. The molecule has 0 spiro atoms. The zero-order chi connectivity index (χ0) is 15.7. The number of hydrogen-bond donors (Lipinski definition) is 1. The van der Waals surface area contributed by atoms with Crippen molar-refractivity contribution in [2.24, 2.45) is 5.73 Å². The van der Waals surface area contributed by atoms with Gasteiger partial charge in [0.25, 0.3) is 5.91 Å². The minimum absolute atomic E-state index is 0.324. The third kappa shape index (κ3) is 2.99. The summed E-state index contributed by atoms with van der Waals surface area (Å²) in [7, 11) is 0. The maximum absolute atomic E-state index is 11.8. The number of aromatic nitrogens is 1. The third-order valence-electron chi connectivity index (χ3n) is 3.05. The Bertz CT molecular complexity index is 869. The monoisotopic (exact) mass is 348 g/mol. The van der Waals surface area contributed by atoms with Crippen molar-refractivity contribution in [3.8, 4) is 0 Å². The molecule has 6 heteroatoms. The second-order valence-corrected chi connectivity index (χ2v) is 6.45. The molecule has 1 amide bonds. The number of carbonyl (C=O) groups is 1. The standard InChI is InChI=1S/C16H10Cl2N2OS/c17-10-6-5-9(12(18)8-10)7-11(15(19)21)16-20-13-3-1-2-4-14(13)22-16/h1-8H,(H2,19,21)/b11-7-. The second-order valence-electron chi connectivity index (χ2n) is 4.57. The van der Waals surface area contributed by atoms with E-state index >= 15 is 0 Å². The number of nitrogens with two attached hydrogens (primary N) is 1. The molecule has 3 aromatic rings. The molecular weight excluding hydrogens is 339 g/mol. The molecule has 3 rings (SSSR count). The number of para-hydroxylation sites is 1. The zero-order valence-corrected chi connectivity index (χ0v) is 13.5. The van der Waals surface area contributed by atoms with E-state index in [1.807, 2.05) is 24.3 Å². The molecule has 1 aromatic heterocycles. The molecule has 0 saturated heterocycles. The molecule has 3 nitrogen and oxygen atoms in total. The Kier molecular flexibility index (Phi) is 4.16. The van der Waals surface area contributed by atoms with Gasteiger partial charge in [-0.3, -0.25) is 4.79 Å². The van der Waals surface area contributed by atoms with Gasteiger partial charge >= 0.3 is 0 Å². The fourth-order valence-corrected chi connectivity index (χ4v) is 3.45. The highest BCUT2D eigenvalue weighted by molar-refractivity contribution is 7.19. The molecule has 0 aliphatic heterocycles. The number of halogens is 2. The molecule has 0 aliphatic rings. The molecule has 0 bridgehead atoms. The van der Waals surface area contributed by atoms with E-state index in [0.717, 1.165) is 10.2 Å². The molecule has 0 fully saturated rings. The minimum Gasteiger partial charge on any atom is -0.366 e. The van der Waals surface area contributed by atoms with Crippen LogP contribution in [-0.4, -0.2) is 10.9 Å². The van der Waals surface area contributed by atoms with E-state index in [9.17, 15) is 4.79 Å². The van der Waals surface area contributed by atoms with Crippen LogP contribution in [-0.2, 0) is 4.79 Å². The van der Waals surface area contributed by atoms with E-state index in [1.54, 1.807) is 24.3 Å². The Morgan fingerprint density at radius 2 is 1.95 bits per heavy atom. The molecule has 0 aliphatic carbocycles. The van der Waals surface area contributed by atoms with Crippen molar-refractivity contribution in [1.82, 2.24) is 4.98 Å². The number of carbonyl (C=O) groups excluding carboxylic acids is 1. The van der Waals surface area contributed by atoms with Crippen LogP contribution >= 0.6 is 34.5 Å². The van der Waals surface area contributed by atoms with Crippen molar-refractivity contribution in [2.45, 2.75) is 0 Å². The fraction of sp³-hybridized carbons (Fsp3) is 0. The van der Waals surface area contributed by atoms with Crippen LogP contribution in [0.1, 0.15) is 10.6 Å². The van der Waals surface area contributed by atoms with Crippen LogP contribution in [0.5, 0.6) is 0 Å². The van der Waals surface area contributed by atoms with Crippen molar-refractivity contribution in [3.05, 3.63) is 63.1 Å². The highest BCUT2D eigenvalue weighted by Crippen LogP contribution is 2.30. The number of fused-ring (bicyclic) bond motifs is 1. The van der Waals surface area contributed by atoms with Crippen molar-refractivity contribution in [2.75, 3.05) is 0 Å². The van der Waals surface area contributed by atoms with Crippen molar-refractivity contribution in [1.29, 1.82) is 0 Å². The number of hydrogen-bond acceptors (Lipinski definition) is 3. The van der Waals surface area contributed by atoms with E-state index in [4.69, 9.17) is 28.9 Å². The van der Waals surface area contributed by atoms with Crippen molar-refractivity contribution in [3.63, 3.8) is 0 Å². The average Bonchev–Trinajstić information content (AvgIpc) is 2.89. The van der Waals surface area contributed by atoms with E-state index in [-0.39, 0.29) is 0 Å². The minimum atomic E-state index is -0.551. The molecule has 0 atom stereocenters. The van der Waals surface area contributed by atoms with Gasteiger partial charge in [0, 0.05) is 10.0 Å². The summed E-state index contributed by atoms with van der Waals surface area (Å²) in [5, 5.41) is 1.55. The molecule has 0 unspecified atom stereocenters. The quantitative estimate of drug-likeness (QED) is 0.701. The number of rotatable bonds is 3. The van der Waals surface area contributed by atoms with Crippen molar-refractivity contribution < 1.29 is 4.79 Å². The zero-order valence-electron chi connectivity index (χ0n) is 11.2. The first kappa shape index (κ1) is 15.0. The summed E-state index contributed by atoms with van der Waals surface area (Å²) in [6, 6.07) is 12.7. The van der Waals surface area contributed by atoms with Gasteiger partial charge in [0.15, 0.2) is 0 Å². The topological polar surface area (TPSA) is 56.0 Å². The molecule has 22 heavy (non-hydrogen) atoms. The lowest BCUT2D eigenvalue weighted by Gasteiger charge is -2.02. The summed E-state index contributed by atoms with van der Waals surface area (Å²) in [6.07, 6.45) is 1.64. The van der Waals surface area contributed by atoms with Gasteiger partial charge in [0.1, 0.15) is 5.01 Å². The average molecular weight is 349 g/mol. The molecule has 2 N–H and O–H groups in total. The van der Waals surface area contributed by atoms with E-state index in [0.29, 0.717) is 26.2 Å². The number of nitrogens with zero attached hydrogens (tertiary/aromatic N) is 1. The number of benzene rings is 2. The lowest BCUT2D eigenvalue weighted by Crippen LogP contribution is -2.12. The highest BCUT2D eigenvalue weighted by Gasteiger charge is 2.14. The summed E-state index contributed by atoms with van der Waals surface area (Å²) in [5.74, 6) is -0.551. The Hall–Kier alpha value is -1.88. The SMILES string of the molecule is NC(=O)/C(=C/c1ccc(Cl)cc1Cl)c1nc2ccccc2s1.